The van der Waals surface area contributed by atoms with Crippen molar-refractivity contribution in [3.63, 3.8) is 0 Å². The van der Waals surface area contributed by atoms with Crippen LogP contribution in [0.25, 0.3) is 0 Å². The lowest BCUT2D eigenvalue weighted by molar-refractivity contribution is -0.124. The maximum Gasteiger partial charge on any atom is 0.238 e. The first kappa shape index (κ1) is 16.9. The molecule has 0 aromatic heterocycles. The summed E-state index contributed by atoms with van der Waals surface area (Å²) in [6.07, 6.45) is 1.93. The number of piperidine rings is 1. The molecule has 1 aliphatic heterocycles. The molecule has 0 spiro atoms. The van der Waals surface area contributed by atoms with E-state index in [9.17, 15) is 13.2 Å². The molecule has 4 N–H and O–H groups in total. The topological polar surface area (TPSA) is 101 Å². The van der Waals surface area contributed by atoms with Gasteiger partial charge in [0.2, 0.25) is 15.9 Å². The standard InChI is InChI=1S/C15H23N3O3S/c1-10-7-8-17-14(9-10)15(19)18-11(2)12-3-5-13(6-4-12)22(16,20)21/h3-6,10-11,14,17H,7-9H2,1-2H3,(H,18,19)(H2,16,20,21). The van der Waals surface area contributed by atoms with Crippen LogP contribution in [0.5, 0.6) is 0 Å². The number of primary sulfonamides is 1. The zero-order chi connectivity index (χ0) is 16.3. The number of sulfonamides is 1. The van der Waals surface area contributed by atoms with E-state index in [-0.39, 0.29) is 22.9 Å². The highest BCUT2D eigenvalue weighted by molar-refractivity contribution is 7.89. The van der Waals surface area contributed by atoms with Gasteiger partial charge in [-0.3, -0.25) is 4.79 Å². The van der Waals surface area contributed by atoms with E-state index < -0.39 is 10.0 Å². The summed E-state index contributed by atoms with van der Waals surface area (Å²) in [6, 6.07) is 5.89. The van der Waals surface area contributed by atoms with Crippen LogP contribution < -0.4 is 15.8 Å². The Morgan fingerprint density at radius 1 is 1.36 bits per heavy atom. The monoisotopic (exact) mass is 325 g/mol. The third-order valence-electron chi connectivity index (χ3n) is 4.05. The Kier molecular flexibility index (Phi) is 5.20. The second-order valence-electron chi connectivity index (χ2n) is 5.98. The number of nitrogens with two attached hydrogens (primary N) is 1. The molecular weight excluding hydrogens is 302 g/mol. The Labute approximate surface area is 131 Å². The molecule has 22 heavy (non-hydrogen) atoms. The van der Waals surface area contributed by atoms with Crippen molar-refractivity contribution in [3.8, 4) is 0 Å². The first-order valence-electron chi connectivity index (χ1n) is 7.44. The van der Waals surface area contributed by atoms with Crippen molar-refractivity contribution in [3.05, 3.63) is 29.8 Å². The van der Waals surface area contributed by atoms with Crippen LogP contribution in [0.15, 0.2) is 29.2 Å². The van der Waals surface area contributed by atoms with Crippen molar-refractivity contribution in [1.29, 1.82) is 0 Å². The second-order valence-corrected chi connectivity index (χ2v) is 7.54. The summed E-state index contributed by atoms with van der Waals surface area (Å²) in [6.45, 7) is 4.88. The maximum absolute atomic E-state index is 12.3. The quantitative estimate of drug-likeness (QED) is 0.765. The molecule has 122 valence electrons. The summed E-state index contributed by atoms with van der Waals surface area (Å²) in [4.78, 5) is 12.3. The van der Waals surface area contributed by atoms with Crippen molar-refractivity contribution >= 4 is 15.9 Å². The van der Waals surface area contributed by atoms with Crippen LogP contribution in [0.1, 0.15) is 38.3 Å². The Morgan fingerprint density at radius 3 is 2.55 bits per heavy atom. The van der Waals surface area contributed by atoms with Crippen molar-refractivity contribution in [2.75, 3.05) is 6.54 Å². The number of amides is 1. The van der Waals surface area contributed by atoms with Crippen LogP contribution in [0.4, 0.5) is 0 Å². The average Bonchev–Trinajstić information content (AvgIpc) is 2.46. The number of carbonyl (C=O) groups excluding carboxylic acids is 1. The third-order valence-corrected chi connectivity index (χ3v) is 4.98. The molecule has 1 amide bonds. The zero-order valence-electron chi connectivity index (χ0n) is 12.9. The lowest BCUT2D eigenvalue weighted by atomic mass is 9.93. The van der Waals surface area contributed by atoms with Gasteiger partial charge in [-0.05, 0) is 49.9 Å². The molecule has 1 heterocycles. The van der Waals surface area contributed by atoms with E-state index in [1.807, 2.05) is 6.92 Å². The molecule has 1 aromatic carbocycles. The van der Waals surface area contributed by atoms with Gasteiger partial charge in [-0.25, -0.2) is 13.6 Å². The average molecular weight is 325 g/mol. The Balaban J connectivity index is 1.99. The predicted octanol–water partition coefficient (Wildman–Crippen LogP) is 0.899. The number of nitrogens with one attached hydrogen (secondary N) is 2. The van der Waals surface area contributed by atoms with Crippen LogP contribution in [0, 0.1) is 5.92 Å². The highest BCUT2D eigenvalue weighted by Crippen LogP contribution is 2.18. The lowest BCUT2D eigenvalue weighted by Crippen LogP contribution is -2.48. The number of rotatable bonds is 4. The minimum Gasteiger partial charge on any atom is -0.348 e. The Hall–Kier alpha value is -1.44. The molecule has 0 bridgehead atoms. The highest BCUT2D eigenvalue weighted by Gasteiger charge is 2.25. The van der Waals surface area contributed by atoms with Gasteiger partial charge < -0.3 is 10.6 Å². The van der Waals surface area contributed by atoms with Gasteiger partial charge >= 0.3 is 0 Å². The summed E-state index contributed by atoms with van der Waals surface area (Å²) >= 11 is 0. The lowest BCUT2D eigenvalue weighted by Gasteiger charge is -2.28. The van der Waals surface area contributed by atoms with Crippen LogP contribution in [-0.4, -0.2) is 26.9 Å². The van der Waals surface area contributed by atoms with Gasteiger partial charge in [0, 0.05) is 0 Å². The minimum atomic E-state index is -3.69. The van der Waals surface area contributed by atoms with E-state index in [2.05, 4.69) is 17.6 Å². The second kappa shape index (κ2) is 6.76. The number of carbonyl (C=O) groups is 1. The molecule has 0 saturated carbocycles. The van der Waals surface area contributed by atoms with E-state index in [0.29, 0.717) is 5.92 Å². The number of hydrogen-bond acceptors (Lipinski definition) is 4. The molecule has 0 radical (unpaired) electrons. The van der Waals surface area contributed by atoms with E-state index >= 15 is 0 Å². The van der Waals surface area contributed by atoms with Gasteiger partial charge in [0.1, 0.15) is 0 Å². The SMILES string of the molecule is CC1CCNC(C(=O)NC(C)c2ccc(S(N)(=O)=O)cc2)C1. The fourth-order valence-electron chi connectivity index (χ4n) is 2.65. The van der Waals surface area contributed by atoms with Gasteiger partial charge in [-0.2, -0.15) is 0 Å². The summed E-state index contributed by atoms with van der Waals surface area (Å²) in [5.41, 5.74) is 0.838. The van der Waals surface area contributed by atoms with Gasteiger partial charge in [0.05, 0.1) is 17.0 Å². The molecule has 6 nitrogen and oxygen atoms in total. The summed E-state index contributed by atoms with van der Waals surface area (Å²) in [7, 11) is -3.69. The molecule has 1 aromatic rings. The molecule has 3 atom stereocenters. The van der Waals surface area contributed by atoms with Crippen molar-refractivity contribution in [2.45, 2.75) is 43.7 Å². The van der Waals surface area contributed by atoms with Crippen LogP contribution in [-0.2, 0) is 14.8 Å². The molecule has 7 heteroatoms. The van der Waals surface area contributed by atoms with Gasteiger partial charge in [0.15, 0.2) is 0 Å². The van der Waals surface area contributed by atoms with Gasteiger partial charge in [-0.1, -0.05) is 19.1 Å². The normalized spacial score (nSPS) is 23.8. The third kappa shape index (κ3) is 4.28. The summed E-state index contributed by atoms with van der Waals surface area (Å²) in [5.74, 6) is 0.524. The Bertz CT molecular complexity index is 628. The van der Waals surface area contributed by atoms with E-state index in [4.69, 9.17) is 5.14 Å². The minimum absolute atomic E-state index is 0.0189. The van der Waals surface area contributed by atoms with Gasteiger partial charge in [0.25, 0.3) is 0 Å². The molecular formula is C15H23N3O3S. The van der Waals surface area contributed by atoms with E-state index in [1.165, 1.54) is 12.1 Å². The van der Waals surface area contributed by atoms with Crippen molar-refractivity contribution in [2.24, 2.45) is 11.1 Å². The molecule has 1 saturated heterocycles. The number of hydrogen-bond donors (Lipinski definition) is 3. The van der Waals surface area contributed by atoms with E-state index in [0.717, 1.165) is 24.9 Å². The molecule has 3 unspecified atom stereocenters. The fourth-order valence-corrected chi connectivity index (χ4v) is 3.17. The summed E-state index contributed by atoms with van der Waals surface area (Å²) in [5, 5.41) is 11.3. The highest BCUT2D eigenvalue weighted by atomic mass is 32.2. The molecule has 2 rings (SSSR count). The summed E-state index contributed by atoms with van der Waals surface area (Å²) < 4.78 is 22.5. The first-order chi connectivity index (χ1) is 10.3. The van der Waals surface area contributed by atoms with Crippen LogP contribution in [0.3, 0.4) is 0 Å². The molecule has 1 fully saturated rings. The fraction of sp³-hybridized carbons (Fsp3) is 0.533. The smallest absolute Gasteiger partial charge is 0.238 e. The van der Waals surface area contributed by atoms with E-state index in [1.54, 1.807) is 12.1 Å². The zero-order valence-corrected chi connectivity index (χ0v) is 13.7. The largest absolute Gasteiger partial charge is 0.348 e. The molecule has 1 aliphatic rings. The van der Waals surface area contributed by atoms with Crippen LogP contribution >= 0.6 is 0 Å². The van der Waals surface area contributed by atoms with Crippen molar-refractivity contribution in [1.82, 2.24) is 10.6 Å². The predicted molar refractivity (Wildman–Crippen MR) is 84.6 cm³/mol. The first-order valence-corrected chi connectivity index (χ1v) is 8.98. The van der Waals surface area contributed by atoms with Crippen LogP contribution in [0.2, 0.25) is 0 Å². The molecule has 0 aliphatic carbocycles. The van der Waals surface area contributed by atoms with Gasteiger partial charge in [-0.15, -0.1) is 0 Å². The Morgan fingerprint density at radius 2 is 2.00 bits per heavy atom. The maximum atomic E-state index is 12.3. The van der Waals surface area contributed by atoms with Crippen molar-refractivity contribution < 1.29 is 13.2 Å². The number of benzene rings is 1.